The maximum absolute atomic E-state index is 12.2. The largest absolute Gasteiger partial charge is 0.496 e. The van der Waals surface area contributed by atoms with Crippen LogP contribution in [0.2, 0.25) is 0 Å². The van der Waals surface area contributed by atoms with Gasteiger partial charge >= 0.3 is 0 Å². The lowest BCUT2D eigenvalue weighted by Gasteiger charge is -2.31. The lowest BCUT2D eigenvalue weighted by atomic mass is 10.0. The Bertz CT molecular complexity index is 426. The van der Waals surface area contributed by atoms with Gasteiger partial charge in [0.2, 0.25) is 5.91 Å². The van der Waals surface area contributed by atoms with Crippen LogP contribution < -0.4 is 10.5 Å². The van der Waals surface area contributed by atoms with Crippen molar-refractivity contribution in [2.75, 3.05) is 20.2 Å². The molecule has 0 spiro atoms. The molecule has 0 radical (unpaired) electrons. The number of methoxy groups -OCH3 is 1. The van der Waals surface area contributed by atoms with Crippen molar-refractivity contribution in [1.82, 2.24) is 4.90 Å². The number of carbonyl (C=O) groups is 1. The van der Waals surface area contributed by atoms with Crippen LogP contribution in [0.4, 0.5) is 0 Å². The van der Waals surface area contributed by atoms with Crippen LogP contribution in [0.15, 0.2) is 24.3 Å². The van der Waals surface area contributed by atoms with E-state index < -0.39 is 0 Å². The number of para-hydroxylation sites is 1. The van der Waals surface area contributed by atoms with Gasteiger partial charge in [-0.25, -0.2) is 0 Å². The number of ether oxygens (including phenoxy) is 1. The second-order valence-electron chi connectivity index (χ2n) is 4.73. The molecule has 4 nitrogen and oxygen atoms in total. The highest BCUT2D eigenvalue weighted by Gasteiger charge is 2.21. The van der Waals surface area contributed by atoms with Crippen molar-refractivity contribution in [3.8, 4) is 5.75 Å². The van der Waals surface area contributed by atoms with E-state index in [1.165, 1.54) is 0 Å². The van der Waals surface area contributed by atoms with E-state index in [1.54, 1.807) is 7.11 Å². The lowest BCUT2D eigenvalue weighted by molar-refractivity contribution is -0.131. The number of benzene rings is 1. The molecule has 5 heteroatoms. The molecule has 2 N–H and O–H groups in total. The summed E-state index contributed by atoms with van der Waals surface area (Å²) in [6.45, 7) is 1.50. The van der Waals surface area contributed by atoms with Gasteiger partial charge in [-0.3, -0.25) is 4.79 Å². The zero-order chi connectivity index (χ0) is 13.0. The van der Waals surface area contributed by atoms with Gasteiger partial charge in [0.15, 0.2) is 0 Å². The third-order valence-corrected chi connectivity index (χ3v) is 3.34. The Balaban J connectivity index is 0.00000180. The molecule has 19 heavy (non-hydrogen) atoms. The maximum Gasteiger partial charge on any atom is 0.227 e. The van der Waals surface area contributed by atoms with Crippen LogP contribution in [-0.4, -0.2) is 37.0 Å². The number of piperidine rings is 1. The average Bonchev–Trinajstić information content (AvgIpc) is 2.39. The highest BCUT2D eigenvalue weighted by atomic mass is 35.5. The number of carbonyl (C=O) groups excluding carboxylic acids is 1. The zero-order valence-corrected chi connectivity index (χ0v) is 12.0. The van der Waals surface area contributed by atoms with Gasteiger partial charge < -0.3 is 15.4 Å². The summed E-state index contributed by atoms with van der Waals surface area (Å²) in [5.41, 5.74) is 6.83. The fraction of sp³-hybridized carbons (Fsp3) is 0.500. The SMILES string of the molecule is COc1ccccc1CC(=O)N1CCCC(N)C1.Cl. The Morgan fingerprint density at radius 1 is 1.47 bits per heavy atom. The van der Waals surface area contributed by atoms with Crippen molar-refractivity contribution in [2.24, 2.45) is 5.73 Å². The highest BCUT2D eigenvalue weighted by molar-refractivity contribution is 5.85. The quantitative estimate of drug-likeness (QED) is 0.917. The standard InChI is InChI=1S/C14H20N2O2.ClH/c1-18-13-7-3-2-5-11(13)9-14(17)16-8-4-6-12(15)10-16;/h2-3,5,7,12H,4,6,8-10,15H2,1H3;1H. The fourth-order valence-corrected chi connectivity index (χ4v) is 2.36. The molecule has 1 atom stereocenters. The monoisotopic (exact) mass is 284 g/mol. The molecule has 1 aromatic rings. The van der Waals surface area contributed by atoms with E-state index in [0.717, 1.165) is 30.7 Å². The molecule has 0 aromatic heterocycles. The molecular formula is C14H21ClN2O2. The number of nitrogens with zero attached hydrogens (tertiary/aromatic N) is 1. The molecule has 1 saturated heterocycles. The molecule has 1 aliphatic heterocycles. The topological polar surface area (TPSA) is 55.6 Å². The number of nitrogens with two attached hydrogens (primary N) is 1. The van der Waals surface area contributed by atoms with E-state index in [9.17, 15) is 4.79 Å². The van der Waals surface area contributed by atoms with Crippen LogP contribution in [0.1, 0.15) is 18.4 Å². The van der Waals surface area contributed by atoms with E-state index in [2.05, 4.69) is 0 Å². The van der Waals surface area contributed by atoms with Crippen LogP contribution in [0, 0.1) is 0 Å². The van der Waals surface area contributed by atoms with Crippen LogP contribution in [0.3, 0.4) is 0 Å². The summed E-state index contributed by atoms with van der Waals surface area (Å²) in [5, 5.41) is 0. The van der Waals surface area contributed by atoms with Crippen LogP contribution in [-0.2, 0) is 11.2 Å². The summed E-state index contributed by atoms with van der Waals surface area (Å²) in [5.74, 6) is 0.904. The molecule has 106 valence electrons. The van der Waals surface area contributed by atoms with Crippen molar-refractivity contribution in [2.45, 2.75) is 25.3 Å². The van der Waals surface area contributed by atoms with Gasteiger partial charge in [-0.05, 0) is 18.9 Å². The Morgan fingerprint density at radius 2 is 2.21 bits per heavy atom. The average molecular weight is 285 g/mol. The van der Waals surface area contributed by atoms with Gasteiger partial charge in [0.1, 0.15) is 5.75 Å². The summed E-state index contributed by atoms with van der Waals surface area (Å²) in [6, 6.07) is 7.77. The van der Waals surface area contributed by atoms with E-state index >= 15 is 0 Å². The van der Waals surface area contributed by atoms with Gasteiger partial charge in [-0.15, -0.1) is 12.4 Å². The van der Waals surface area contributed by atoms with Crippen molar-refractivity contribution < 1.29 is 9.53 Å². The predicted octanol–water partition coefficient (Wildman–Crippen LogP) is 1.61. The molecule has 1 fully saturated rings. The van der Waals surface area contributed by atoms with Crippen molar-refractivity contribution >= 4 is 18.3 Å². The van der Waals surface area contributed by atoms with Crippen LogP contribution in [0.25, 0.3) is 0 Å². The van der Waals surface area contributed by atoms with Crippen LogP contribution >= 0.6 is 12.4 Å². The normalized spacial score (nSPS) is 18.6. The van der Waals surface area contributed by atoms with Crippen LogP contribution in [0.5, 0.6) is 5.75 Å². The number of rotatable bonds is 3. The Morgan fingerprint density at radius 3 is 2.89 bits per heavy atom. The molecule has 0 saturated carbocycles. The summed E-state index contributed by atoms with van der Waals surface area (Å²) in [7, 11) is 1.63. The molecule has 1 amide bonds. The zero-order valence-electron chi connectivity index (χ0n) is 11.2. The first-order valence-electron chi connectivity index (χ1n) is 6.36. The first kappa shape index (κ1) is 15.8. The first-order valence-corrected chi connectivity index (χ1v) is 6.36. The maximum atomic E-state index is 12.2. The Hall–Kier alpha value is -1.26. The van der Waals surface area contributed by atoms with Crippen molar-refractivity contribution in [1.29, 1.82) is 0 Å². The third-order valence-electron chi connectivity index (χ3n) is 3.34. The Kier molecular flexibility index (Phi) is 6.12. The molecular weight excluding hydrogens is 264 g/mol. The smallest absolute Gasteiger partial charge is 0.227 e. The second-order valence-corrected chi connectivity index (χ2v) is 4.73. The Labute approximate surface area is 120 Å². The van der Waals surface area contributed by atoms with Gasteiger partial charge in [0.05, 0.1) is 13.5 Å². The molecule has 1 heterocycles. The number of likely N-dealkylation sites (tertiary alicyclic amines) is 1. The molecule has 2 rings (SSSR count). The van der Waals surface area contributed by atoms with Gasteiger partial charge in [-0.1, -0.05) is 18.2 Å². The van der Waals surface area contributed by atoms with Gasteiger partial charge in [-0.2, -0.15) is 0 Å². The number of hydrogen-bond acceptors (Lipinski definition) is 3. The van der Waals surface area contributed by atoms with Crippen molar-refractivity contribution in [3.05, 3.63) is 29.8 Å². The van der Waals surface area contributed by atoms with Crippen molar-refractivity contribution in [3.63, 3.8) is 0 Å². The molecule has 0 bridgehead atoms. The molecule has 1 unspecified atom stereocenters. The first-order chi connectivity index (χ1) is 8.70. The summed E-state index contributed by atoms with van der Waals surface area (Å²) in [6.07, 6.45) is 2.40. The van der Waals surface area contributed by atoms with E-state index in [4.69, 9.17) is 10.5 Å². The minimum Gasteiger partial charge on any atom is -0.496 e. The fourth-order valence-electron chi connectivity index (χ4n) is 2.36. The number of halogens is 1. The summed E-state index contributed by atoms with van der Waals surface area (Å²) >= 11 is 0. The van der Waals surface area contributed by atoms with Gasteiger partial charge in [0.25, 0.3) is 0 Å². The number of hydrogen-bond donors (Lipinski definition) is 1. The number of amides is 1. The minimum atomic E-state index is 0. The summed E-state index contributed by atoms with van der Waals surface area (Å²) in [4.78, 5) is 14.1. The van der Waals surface area contributed by atoms with E-state index in [-0.39, 0.29) is 24.4 Å². The second kappa shape index (κ2) is 7.36. The lowest BCUT2D eigenvalue weighted by Crippen LogP contribution is -2.46. The predicted molar refractivity (Wildman–Crippen MR) is 77.7 cm³/mol. The minimum absolute atomic E-state index is 0. The molecule has 1 aromatic carbocycles. The van der Waals surface area contributed by atoms with Gasteiger partial charge in [0, 0.05) is 24.7 Å². The molecule has 1 aliphatic rings. The highest BCUT2D eigenvalue weighted by Crippen LogP contribution is 2.19. The van der Waals surface area contributed by atoms with E-state index in [0.29, 0.717) is 13.0 Å². The molecule has 0 aliphatic carbocycles. The summed E-state index contributed by atoms with van der Waals surface area (Å²) < 4.78 is 5.26. The third kappa shape index (κ3) is 4.11. The van der Waals surface area contributed by atoms with E-state index in [1.807, 2.05) is 29.2 Å².